The van der Waals surface area contributed by atoms with Crippen LogP contribution in [0.4, 0.5) is 0 Å². The monoisotopic (exact) mass is 414 g/mol. The minimum atomic E-state index is -1.14. The molecule has 0 spiro atoms. The van der Waals surface area contributed by atoms with Crippen LogP contribution in [-0.2, 0) is 4.74 Å². The predicted octanol–water partition coefficient (Wildman–Crippen LogP) is 4.80. The van der Waals surface area contributed by atoms with Gasteiger partial charge in [0, 0.05) is 32.4 Å². The highest BCUT2D eigenvalue weighted by molar-refractivity contribution is 6.76. The molecule has 0 radical (unpaired) electrons. The van der Waals surface area contributed by atoms with E-state index >= 15 is 0 Å². The number of methoxy groups -OCH3 is 3. The molecule has 0 saturated carbocycles. The second-order valence-corrected chi connectivity index (χ2v) is 13.3. The summed E-state index contributed by atoms with van der Waals surface area (Å²) in [5, 5.41) is 0. The summed E-state index contributed by atoms with van der Waals surface area (Å²) in [4.78, 5) is 0. The number of rotatable bonds is 9. The Labute approximate surface area is 174 Å². The Balaban J connectivity index is 2.21. The van der Waals surface area contributed by atoms with Crippen LogP contribution in [0.2, 0.25) is 25.7 Å². The Morgan fingerprint density at radius 1 is 0.793 bits per heavy atom. The van der Waals surface area contributed by atoms with Crippen LogP contribution in [0.1, 0.15) is 11.1 Å². The number of hydrogen-bond acceptors (Lipinski definition) is 5. The zero-order chi connectivity index (χ0) is 21.3. The van der Waals surface area contributed by atoms with E-state index < -0.39 is 8.07 Å². The zero-order valence-corrected chi connectivity index (χ0v) is 19.1. The standard InChI is InChI=1S/C23H30O5Si/c1-24-19-10-7-18(8-11-19)9-12-21-22(26-3)15-20(25-2)16-23(21)28-17-27-13-14-29(4,5)6/h7-8,10-11,15-16H,13-14,17H2,1-6H3. The molecule has 0 amide bonds. The topological polar surface area (TPSA) is 46.2 Å². The van der Waals surface area contributed by atoms with Crippen LogP contribution in [-0.4, -0.2) is 42.8 Å². The van der Waals surface area contributed by atoms with Crippen molar-refractivity contribution in [1.82, 2.24) is 0 Å². The molecule has 6 heteroatoms. The van der Waals surface area contributed by atoms with E-state index in [4.69, 9.17) is 23.7 Å². The van der Waals surface area contributed by atoms with E-state index in [9.17, 15) is 0 Å². The molecule has 2 aromatic rings. The summed E-state index contributed by atoms with van der Waals surface area (Å²) >= 11 is 0. The van der Waals surface area contributed by atoms with E-state index in [0.29, 0.717) is 29.4 Å². The summed E-state index contributed by atoms with van der Waals surface area (Å²) in [6.07, 6.45) is 0. The van der Waals surface area contributed by atoms with Crippen molar-refractivity contribution in [2.45, 2.75) is 25.7 Å². The Bertz CT molecular complexity index is 845. The molecule has 156 valence electrons. The van der Waals surface area contributed by atoms with Gasteiger partial charge < -0.3 is 23.7 Å². The van der Waals surface area contributed by atoms with Gasteiger partial charge >= 0.3 is 0 Å². The van der Waals surface area contributed by atoms with Gasteiger partial charge in [0.25, 0.3) is 0 Å². The smallest absolute Gasteiger partial charge is 0.189 e. The van der Waals surface area contributed by atoms with E-state index in [1.165, 1.54) is 0 Å². The van der Waals surface area contributed by atoms with Crippen molar-refractivity contribution in [2.24, 2.45) is 0 Å². The average molecular weight is 415 g/mol. The molecule has 29 heavy (non-hydrogen) atoms. The quantitative estimate of drug-likeness (QED) is 0.255. The highest BCUT2D eigenvalue weighted by Crippen LogP contribution is 2.33. The van der Waals surface area contributed by atoms with Crippen LogP contribution in [0.5, 0.6) is 23.0 Å². The maximum absolute atomic E-state index is 5.87. The minimum absolute atomic E-state index is 0.151. The molecule has 0 aliphatic rings. The molecule has 0 fully saturated rings. The summed E-state index contributed by atoms with van der Waals surface area (Å²) in [5.41, 5.74) is 1.51. The van der Waals surface area contributed by atoms with Gasteiger partial charge in [0.05, 0.1) is 21.3 Å². The molecule has 0 heterocycles. The van der Waals surface area contributed by atoms with Crippen molar-refractivity contribution < 1.29 is 23.7 Å². The van der Waals surface area contributed by atoms with Crippen molar-refractivity contribution in [3.05, 3.63) is 47.5 Å². The Morgan fingerprint density at radius 2 is 1.45 bits per heavy atom. The summed E-state index contributed by atoms with van der Waals surface area (Å²) in [6.45, 7) is 7.78. The summed E-state index contributed by atoms with van der Waals surface area (Å²) in [6, 6.07) is 12.2. The molecule has 5 nitrogen and oxygen atoms in total. The van der Waals surface area contributed by atoms with E-state index in [-0.39, 0.29) is 6.79 Å². The number of benzene rings is 2. The fourth-order valence-corrected chi connectivity index (χ4v) is 3.19. The van der Waals surface area contributed by atoms with E-state index in [1.807, 2.05) is 24.3 Å². The lowest BCUT2D eigenvalue weighted by Crippen LogP contribution is -2.22. The minimum Gasteiger partial charge on any atom is -0.497 e. The lowest BCUT2D eigenvalue weighted by atomic mass is 10.1. The van der Waals surface area contributed by atoms with E-state index in [1.54, 1.807) is 33.5 Å². The van der Waals surface area contributed by atoms with Crippen molar-refractivity contribution in [3.8, 4) is 34.8 Å². The first-order valence-electron chi connectivity index (χ1n) is 9.49. The van der Waals surface area contributed by atoms with E-state index in [2.05, 4.69) is 31.5 Å². The summed E-state index contributed by atoms with van der Waals surface area (Å²) in [5.74, 6) is 8.88. The lowest BCUT2D eigenvalue weighted by molar-refractivity contribution is 0.0216. The molecule has 0 saturated heterocycles. The molecule has 0 aliphatic heterocycles. The van der Waals surface area contributed by atoms with Gasteiger partial charge in [0.15, 0.2) is 6.79 Å². The van der Waals surface area contributed by atoms with Gasteiger partial charge in [-0.25, -0.2) is 0 Å². The molecule has 2 aromatic carbocycles. The van der Waals surface area contributed by atoms with Crippen LogP contribution >= 0.6 is 0 Å². The Morgan fingerprint density at radius 3 is 2.03 bits per heavy atom. The normalized spacial score (nSPS) is 10.7. The molecular weight excluding hydrogens is 384 g/mol. The van der Waals surface area contributed by atoms with Crippen LogP contribution in [0.15, 0.2) is 36.4 Å². The highest BCUT2D eigenvalue weighted by Gasteiger charge is 2.14. The fourth-order valence-electron chi connectivity index (χ4n) is 2.43. The van der Waals surface area contributed by atoms with E-state index in [0.717, 1.165) is 17.4 Å². The SMILES string of the molecule is COc1ccc(C#Cc2c(OC)cc(OC)cc2OCOCC[Si](C)(C)C)cc1. The van der Waals surface area contributed by atoms with Gasteiger partial charge in [-0.3, -0.25) is 0 Å². The van der Waals surface area contributed by atoms with Crippen molar-refractivity contribution in [1.29, 1.82) is 0 Å². The first-order chi connectivity index (χ1) is 13.9. The fraction of sp³-hybridized carbons (Fsp3) is 0.391. The molecule has 0 bridgehead atoms. The predicted molar refractivity (Wildman–Crippen MR) is 118 cm³/mol. The summed E-state index contributed by atoms with van der Waals surface area (Å²) in [7, 11) is 3.70. The second kappa shape index (κ2) is 10.8. The molecular formula is C23H30O5Si. The number of hydrogen-bond donors (Lipinski definition) is 0. The van der Waals surface area contributed by atoms with Crippen LogP contribution in [0.3, 0.4) is 0 Å². The lowest BCUT2D eigenvalue weighted by Gasteiger charge is -2.16. The molecule has 2 rings (SSSR count). The van der Waals surface area contributed by atoms with Gasteiger partial charge in [-0.1, -0.05) is 31.5 Å². The molecule has 0 N–H and O–H groups in total. The third-order valence-corrected chi connectivity index (χ3v) is 5.92. The number of ether oxygens (including phenoxy) is 5. The van der Waals surface area contributed by atoms with Gasteiger partial charge in [-0.15, -0.1) is 0 Å². The molecule has 0 atom stereocenters. The Kier molecular flexibility index (Phi) is 8.44. The molecule has 0 aliphatic carbocycles. The maximum atomic E-state index is 5.87. The second-order valence-electron chi connectivity index (χ2n) is 7.66. The Hall–Kier alpha value is -2.62. The first-order valence-corrected chi connectivity index (χ1v) is 13.2. The molecule has 0 aromatic heterocycles. The summed E-state index contributed by atoms with van der Waals surface area (Å²) < 4.78 is 27.6. The van der Waals surface area contributed by atoms with Gasteiger partial charge in [-0.2, -0.15) is 0 Å². The largest absolute Gasteiger partial charge is 0.497 e. The highest BCUT2D eigenvalue weighted by atomic mass is 28.3. The zero-order valence-electron chi connectivity index (χ0n) is 18.1. The van der Waals surface area contributed by atoms with Crippen LogP contribution < -0.4 is 18.9 Å². The van der Waals surface area contributed by atoms with Crippen LogP contribution in [0.25, 0.3) is 0 Å². The molecule has 0 unspecified atom stereocenters. The average Bonchev–Trinajstić information content (AvgIpc) is 2.71. The van der Waals surface area contributed by atoms with Gasteiger partial charge in [0.2, 0.25) is 0 Å². The third kappa shape index (κ3) is 7.37. The third-order valence-electron chi connectivity index (χ3n) is 4.21. The van der Waals surface area contributed by atoms with Crippen LogP contribution in [0, 0.1) is 11.8 Å². The first kappa shape index (κ1) is 22.7. The van der Waals surface area contributed by atoms with Crippen molar-refractivity contribution in [3.63, 3.8) is 0 Å². The van der Waals surface area contributed by atoms with Crippen molar-refractivity contribution >= 4 is 8.07 Å². The van der Waals surface area contributed by atoms with Gasteiger partial charge in [-0.05, 0) is 30.3 Å². The van der Waals surface area contributed by atoms with Crippen molar-refractivity contribution in [2.75, 3.05) is 34.7 Å². The van der Waals surface area contributed by atoms with Gasteiger partial charge in [0.1, 0.15) is 28.6 Å². The maximum Gasteiger partial charge on any atom is 0.189 e.